The average molecular weight is 353 g/mol. The highest BCUT2D eigenvalue weighted by Gasteiger charge is 2.21. The van der Waals surface area contributed by atoms with E-state index in [2.05, 4.69) is 34.3 Å². The summed E-state index contributed by atoms with van der Waals surface area (Å²) in [6.07, 6.45) is 5.59. The lowest BCUT2D eigenvalue weighted by Crippen LogP contribution is -2.48. The van der Waals surface area contributed by atoms with E-state index in [0.29, 0.717) is 12.8 Å². The molecule has 2 aromatic rings. The number of aryl methyl sites for hydroxylation is 2. The van der Waals surface area contributed by atoms with Crippen LogP contribution in [0, 0.1) is 13.8 Å². The van der Waals surface area contributed by atoms with Crippen molar-refractivity contribution in [2.24, 2.45) is 0 Å². The molecule has 0 radical (unpaired) electrons. The summed E-state index contributed by atoms with van der Waals surface area (Å²) in [7, 11) is 0. The van der Waals surface area contributed by atoms with E-state index in [0.717, 1.165) is 49.7 Å². The third-order valence-corrected chi connectivity index (χ3v) is 4.97. The highest BCUT2D eigenvalue weighted by molar-refractivity contribution is 5.76. The van der Waals surface area contributed by atoms with Crippen LogP contribution in [0.3, 0.4) is 0 Å². The maximum Gasteiger partial charge on any atom is 0.222 e. The number of amides is 1. The molecule has 0 spiro atoms. The summed E-state index contributed by atoms with van der Waals surface area (Å²) < 4.78 is 5.17. The molecule has 0 unspecified atom stereocenters. The summed E-state index contributed by atoms with van der Waals surface area (Å²) in [5.74, 6) is 1.05. The average Bonchev–Trinajstić information content (AvgIpc) is 2.99. The number of rotatable bonds is 6. The van der Waals surface area contributed by atoms with Crippen molar-refractivity contribution >= 4 is 12.0 Å². The van der Waals surface area contributed by atoms with Crippen molar-refractivity contribution in [2.45, 2.75) is 26.7 Å². The van der Waals surface area contributed by atoms with Gasteiger partial charge in [0.05, 0.1) is 5.69 Å². The summed E-state index contributed by atoms with van der Waals surface area (Å²) in [6.45, 7) is 8.22. The van der Waals surface area contributed by atoms with E-state index in [-0.39, 0.29) is 5.91 Å². The molecule has 0 atom stereocenters. The van der Waals surface area contributed by atoms with Crippen molar-refractivity contribution in [1.29, 1.82) is 0 Å². The Morgan fingerprint density at radius 3 is 2.54 bits per heavy atom. The maximum atomic E-state index is 12.5. The minimum Gasteiger partial charge on any atom is -0.361 e. The van der Waals surface area contributed by atoms with Gasteiger partial charge >= 0.3 is 0 Å². The number of carbonyl (C=O) groups is 1. The molecule has 2 heterocycles. The van der Waals surface area contributed by atoms with Gasteiger partial charge in [-0.25, -0.2) is 0 Å². The minimum absolute atomic E-state index is 0.226. The van der Waals surface area contributed by atoms with Crippen LogP contribution in [-0.2, 0) is 11.2 Å². The van der Waals surface area contributed by atoms with E-state index < -0.39 is 0 Å². The fourth-order valence-electron chi connectivity index (χ4n) is 3.33. The van der Waals surface area contributed by atoms with Gasteiger partial charge in [-0.3, -0.25) is 9.69 Å². The Morgan fingerprint density at radius 2 is 1.88 bits per heavy atom. The Bertz CT molecular complexity index is 724. The van der Waals surface area contributed by atoms with Crippen LogP contribution in [0.1, 0.15) is 29.0 Å². The molecule has 1 saturated heterocycles. The molecule has 1 aliphatic heterocycles. The lowest BCUT2D eigenvalue weighted by atomic mass is 10.1. The molecule has 138 valence electrons. The molecule has 1 fully saturated rings. The molecule has 3 rings (SSSR count). The van der Waals surface area contributed by atoms with Crippen LogP contribution in [0.25, 0.3) is 6.08 Å². The number of nitrogens with zero attached hydrogens (tertiary/aromatic N) is 3. The molecule has 1 aromatic carbocycles. The maximum absolute atomic E-state index is 12.5. The molecule has 0 N–H and O–H groups in total. The van der Waals surface area contributed by atoms with Crippen LogP contribution >= 0.6 is 0 Å². The fourth-order valence-corrected chi connectivity index (χ4v) is 3.33. The van der Waals surface area contributed by atoms with Crippen molar-refractivity contribution in [1.82, 2.24) is 15.0 Å². The predicted molar refractivity (Wildman–Crippen MR) is 103 cm³/mol. The standard InChI is InChI=1S/C21H27N3O2/c1-17-20(18(2)26-22-17)10-11-21(25)24-15-13-23(14-16-24)12-6-9-19-7-4-3-5-8-19/h3-9H,10-16H2,1-2H3/b9-6+. The number of hydrogen-bond donors (Lipinski definition) is 0. The molecule has 5 nitrogen and oxygen atoms in total. The van der Waals surface area contributed by atoms with Gasteiger partial charge in [0.25, 0.3) is 0 Å². The van der Waals surface area contributed by atoms with E-state index in [1.54, 1.807) is 0 Å². The number of hydrogen-bond acceptors (Lipinski definition) is 4. The number of piperazine rings is 1. The van der Waals surface area contributed by atoms with Gasteiger partial charge in [0.15, 0.2) is 0 Å². The Kier molecular flexibility index (Phi) is 6.23. The van der Waals surface area contributed by atoms with Gasteiger partial charge < -0.3 is 9.42 Å². The third kappa shape index (κ3) is 4.82. The SMILES string of the molecule is Cc1noc(C)c1CCC(=O)N1CCN(C/C=C/c2ccccc2)CC1. The van der Waals surface area contributed by atoms with Crippen LogP contribution in [0.4, 0.5) is 0 Å². The normalized spacial score (nSPS) is 15.7. The summed E-state index contributed by atoms with van der Waals surface area (Å²) in [6, 6.07) is 10.3. The monoisotopic (exact) mass is 353 g/mol. The Labute approximate surface area is 155 Å². The van der Waals surface area contributed by atoms with Crippen LogP contribution < -0.4 is 0 Å². The largest absolute Gasteiger partial charge is 0.361 e. The summed E-state index contributed by atoms with van der Waals surface area (Å²) in [5.41, 5.74) is 3.19. The lowest BCUT2D eigenvalue weighted by molar-refractivity contribution is -0.132. The van der Waals surface area contributed by atoms with Crippen LogP contribution in [0.2, 0.25) is 0 Å². The zero-order valence-electron chi connectivity index (χ0n) is 15.6. The van der Waals surface area contributed by atoms with Gasteiger partial charge in [-0.2, -0.15) is 0 Å². The molecule has 1 aromatic heterocycles. The summed E-state index contributed by atoms with van der Waals surface area (Å²) in [5, 5.41) is 3.95. The summed E-state index contributed by atoms with van der Waals surface area (Å²) in [4.78, 5) is 16.8. The first kappa shape index (κ1) is 18.4. The zero-order chi connectivity index (χ0) is 18.4. The van der Waals surface area contributed by atoms with E-state index in [9.17, 15) is 4.79 Å². The first-order valence-electron chi connectivity index (χ1n) is 9.27. The zero-order valence-corrected chi connectivity index (χ0v) is 15.6. The van der Waals surface area contributed by atoms with Crippen molar-refractivity contribution in [2.75, 3.05) is 32.7 Å². The molecular weight excluding hydrogens is 326 g/mol. The lowest BCUT2D eigenvalue weighted by Gasteiger charge is -2.34. The van der Waals surface area contributed by atoms with Crippen LogP contribution in [0.5, 0.6) is 0 Å². The van der Waals surface area contributed by atoms with Crippen LogP contribution in [-0.4, -0.2) is 53.6 Å². The van der Waals surface area contributed by atoms with Crippen molar-refractivity contribution in [3.8, 4) is 0 Å². The van der Waals surface area contributed by atoms with E-state index >= 15 is 0 Å². The minimum atomic E-state index is 0.226. The van der Waals surface area contributed by atoms with Gasteiger partial charge in [-0.1, -0.05) is 47.6 Å². The predicted octanol–water partition coefficient (Wildman–Crippen LogP) is 3.08. The molecule has 26 heavy (non-hydrogen) atoms. The van der Waals surface area contributed by atoms with Gasteiger partial charge in [-0.05, 0) is 25.8 Å². The van der Waals surface area contributed by atoms with Crippen molar-refractivity contribution in [3.05, 3.63) is 59.0 Å². The van der Waals surface area contributed by atoms with Gasteiger partial charge in [-0.15, -0.1) is 0 Å². The van der Waals surface area contributed by atoms with Gasteiger partial charge in [0.2, 0.25) is 5.91 Å². The van der Waals surface area contributed by atoms with Gasteiger partial charge in [0, 0.05) is 44.7 Å². The first-order chi connectivity index (χ1) is 12.6. The van der Waals surface area contributed by atoms with Crippen molar-refractivity contribution in [3.63, 3.8) is 0 Å². The van der Waals surface area contributed by atoms with Crippen LogP contribution in [0.15, 0.2) is 40.9 Å². The topological polar surface area (TPSA) is 49.6 Å². The number of benzene rings is 1. The molecule has 1 aliphatic rings. The fraction of sp³-hybridized carbons (Fsp3) is 0.429. The Hall–Kier alpha value is -2.40. The number of aromatic nitrogens is 1. The Morgan fingerprint density at radius 1 is 1.15 bits per heavy atom. The summed E-state index contributed by atoms with van der Waals surface area (Å²) >= 11 is 0. The van der Waals surface area contributed by atoms with E-state index in [1.807, 2.05) is 36.9 Å². The smallest absolute Gasteiger partial charge is 0.222 e. The Balaban J connectivity index is 1.40. The molecular formula is C21H27N3O2. The highest BCUT2D eigenvalue weighted by Crippen LogP contribution is 2.15. The van der Waals surface area contributed by atoms with E-state index in [1.165, 1.54) is 5.56 Å². The molecule has 5 heteroatoms. The molecule has 0 aliphatic carbocycles. The third-order valence-electron chi connectivity index (χ3n) is 4.97. The highest BCUT2D eigenvalue weighted by atomic mass is 16.5. The second kappa shape index (κ2) is 8.81. The van der Waals surface area contributed by atoms with E-state index in [4.69, 9.17) is 4.52 Å². The molecule has 0 bridgehead atoms. The first-order valence-corrected chi connectivity index (χ1v) is 9.27. The molecule has 0 saturated carbocycles. The quantitative estimate of drug-likeness (QED) is 0.801. The van der Waals surface area contributed by atoms with Crippen molar-refractivity contribution < 1.29 is 9.32 Å². The number of carbonyl (C=O) groups excluding carboxylic acids is 1. The van der Waals surface area contributed by atoms with Gasteiger partial charge in [0.1, 0.15) is 5.76 Å². The second-order valence-corrected chi connectivity index (χ2v) is 6.80. The molecule has 1 amide bonds. The second-order valence-electron chi connectivity index (χ2n) is 6.80.